The number of hydrogen-bond donors (Lipinski definition) is 2. The van der Waals surface area contributed by atoms with E-state index in [2.05, 4.69) is 15.2 Å². The van der Waals surface area contributed by atoms with Gasteiger partial charge in [-0.3, -0.25) is 9.20 Å². The van der Waals surface area contributed by atoms with Crippen LogP contribution >= 0.6 is 0 Å². The Labute approximate surface area is 127 Å². The molecule has 0 unspecified atom stereocenters. The van der Waals surface area contributed by atoms with Crippen molar-refractivity contribution >= 4 is 11.7 Å². The summed E-state index contributed by atoms with van der Waals surface area (Å²) in [5.41, 5.74) is 0.584. The fourth-order valence-corrected chi connectivity index (χ4v) is 2.79. The van der Waals surface area contributed by atoms with Gasteiger partial charge in [-0.25, -0.2) is 4.98 Å². The quantitative estimate of drug-likeness (QED) is 0.789. The molecule has 8 nitrogen and oxygen atoms in total. The maximum atomic E-state index is 12.6. The minimum absolute atomic E-state index is 0.231. The van der Waals surface area contributed by atoms with Crippen LogP contribution in [0.1, 0.15) is 34.8 Å². The number of aryl methyl sites for hydroxylation is 2. The summed E-state index contributed by atoms with van der Waals surface area (Å²) >= 11 is 0. The van der Waals surface area contributed by atoms with Crippen molar-refractivity contribution in [3.05, 3.63) is 23.3 Å². The van der Waals surface area contributed by atoms with E-state index < -0.39 is 5.60 Å². The lowest BCUT2D eigenvalue weighted by Gasteiger charge is -2.36. The van der Waals surface area contributed by atoms with Crippen molar-refractivity contribution in [2.75, 3.05) is 19.7 Å². The molecular formula is C14H19N5O3. The zero-order chi connectivity index (χ0) is 15.9. The largest absolute Gasteiger partial charge is 0.393 e. The van der Waals surface area contributed by atoms with Gasteiger partial charge >= 0.3 is 0 Å². The van der Waals surface area contributed by atoms with Crippen molar-refractivity contribution in [1.29, 1.82) is 0 Å². The molecule has 2 N–H and O–H groups in total. The first-order valence-electron chi connectivity index (χ1n) is 7.25. The van der Waals surface area contributed by atoms with E-state index in [-0.39, 0.29) is 18.3 Å². The first kappa shape index (κ1) is 14.9. The SMILES string of the molecule is Cc1cc(C)n2c(C(=O)N3CCC(O)(CO)CC3)nnc2n1. The Morgan fingerprint density at radius 2 is 2.00 bits per heavy atom. The summed E-state index contributed by atoms with van der Waals surface area (Å²) in [5, 5.41) is 27.1. The molecule has 1 amide bonds. The van der Waals surface area contributed by atoms with Gasteiger partial charge in [0.25, 0.3) is 11.7 Å². The summed E-state index contributed by atoms with van der Waals surface area (Å²) in [6, 6.07) is 1.87. The Bertz CT molecular complexity index is 719. The van der Waals surface area contributed by atoms with Crippen molar-refractivity contribution in [2.24, 2.45) is 0 Å². The molecule has 2 aromatic heterocycles. The lowest BCUT2D eigenvalue weighted by Crippen LogP contribution is -2.48. The standard InChI is InChI=1S/C14H19N5O3/c1-9-7-10(2)19-11(16-17-13(19)15-9)12(21)18-5-3-14(22,8-20)4-6-18/h7,20,22H,3-6,8H2,1-2H3. The van der Waals surface area contributed by atoms with Crippen molar-refractivity contribution < 1.29 is 15.0 Å². The highest BCUT2D eigenvalue weighted by Gasteiger charge is 2.34. The zero-order valence-corrected chi connectivity index (χ0v) is 12.7. The minimum atomic E-state index is -1.09. The maximum absolute atomic E-state index is 12.6. The van der Waals surface area contributed by atoms with Gasteiger partial charge in [0.05, 0.1) is 12.2 Å². The topological polar surface area (TPSA) is 104 Å². The molecule has 3 rings (SSSR count). The number of nitrogens with zero attached hydrogens (tertiary/aromatic N) is 5. The van der Waals surface area contributed by atoms with Gasteiger partial charge in [0, 0.05) is 24.5 Å². The Balaban J connectivity index is 1.88. The predicted octanol–water partition coefficient (Wildman–Crippen LogP) is -0.299. The molecule has 0 aliphatic carbocycles. The summed E-state index contributed by atoms with van der Waals surface area (Å²) in [5.74, 6) is 0.403. The average molecular weight is 305 g/mol. The molecule has 22 heavy (non-hydrogen) atoms. The Hall–Kier alpha value is -2.06. The van der Waals surface area contributed by atoms with Crippen LogP contribution < -0.4 is 0 Å². The van der Waals surface area contributed by atoms with Crippen LogP contribution in [-0.4, -0.2) is 65.9 Å². The van der Waals surface area contributed by atoms with Gasteiger partial charge in [-0.15, -0.1) is 10.2 Å². The number of rotatable bonds is 2. The lowest BCUT2D eigenvalue weighted by atomic mass is 9.92. The Morgan fingerprint density at radius 1 is 1.32 bits per heavy atom. The molecule has 1 fully saturated rings. The number of aliphatic hydroxyl groups is 2. The fourth-order valence-electron chi connectivity index (χ4n) is 2.79. The molecule has 118 valence electrons. The average Bonchev–Trinajstić information content (AvgIpc) is 2.91. The van der Waals surface area contributed by atoms with Crippen molar-refractivity contribution in [2.45, 2.75) is 32.3 Å². The highest BCUT2D eigenvalue weighted by atomic mass is 16.3. The van der Waals surface area contributed by atoms with Crippen LogP contribution in [0.5, 0.6) is 0 Å². The van der Waals surface area contributed by atoms with Gasteiger partial charge < -0.3 is 15.1 Å². The van der Waals surface area contributed by atoms with Gasteiger partial charge in [0.2, 0.25) is 5.82 Å². The van der Waals surface area contributed by atoms with Crippen LogP contribution in [0.15, 0.2) is 6.07 Å². The number of aromatic nitrogens is 4. The molecule has 0 aromatic carbocycles. The number of aliphatic hydroxyl groups excluding tert-OH is 1. The van der Waals surface area contributed by atoms with Crippen LogP contribution in [0.25, 0.3) is 5.78 Å². The molecule has 0 saturated carbocycles. The molecule has 0 atom stereocenters. The second-order valence-electron chi connectivity index (χ2n) is 5.87. The highest BCUT2D eigenvalue weighted by Crippen LogP contribution is 2.22. The van der Waals surface area contributed by atoms with Gasteiger partial charge in [0.15, 0.2) is 0 Å². The summed E-state index contributed by atoms with van der Waals surface area (Å²) < 4.78 is 1.64. The van der Waals surface area contributed by atoms with Crippen molar-refractivity contribution in [1.82, 2.24) is 24.5 Å². The monoisotopic (exact) mass is 305 g/mol. The number of hydrogen-bond acceptors (Lipinski definition) is 6. The maximum Gasteiger partial charge on any atom is 0.292 e. The van der Waals surface area contributed by atoms with Crippen LogP contribution in [0, 0.1) is 13.8 Å². The first-order valence-corrected chi connectivity index (χ1v) is 7.25. The number of amides is 1. The predicted molar refractivity (Wildman–Crippen MR) is 77.4 cm³/mol. The molecule has 3 heterocycles. The third kappa shape index (κ3) is 2.44. The molecule has 0 bridgehead atoms. The zero-order valence-electron chi connectivity index (χ0n) is 12.7. The molecule has 1 aliphatic rings. The molecule has 2 aromatic rings. The molecule has 8 heteroatoms. The third-order valence-corrected chi connectivity index (χ3v) is 4.16. The molecule has 1 saturated heterocycles. The molecule has 0 radical (unpaired) electrons. The first-order chi connectivity index (χ1) is 10.4. The van der Waals surface area contributed by atoms with Crippen LogP contribution in [0.4, 0.5) is 0 Å². The van der Waals surface area contributed by atoms with Crippen LogP contribution in [0.3, 0.4) is 0 Å². The van der Waals surface area contributed by atoms with Crippen molar-refractivity contribution in [3.63, 3.8) is 0 Å². The highest BCUT2D eigenvalue weighted by molar-refractivity contribution is 5.91. The fraction of sp³-hybridized carbons (Fsp3) is 0.571. The summed E-state index contributed by atoms with van der Waals surface area (Å²) in [4.78, 5) is 18.5. The van der Waals surface area contributed by atoms with E-state index in [4.69, 9.17) is 0 Å². The normalized spacial score (nSPS) is 17.9. The number of carbonyl (C=O) groups is 1. The second kappa shape index (κ2) is 5.29. The van der Waals surface area contributed by atoms with Gasteiger partial charge in [-0.2, -0.15) is 0 Å². The summed E-state index contributed by atoms with van der Waals surface area (Å²) in [6.45, 7) is 4.21. The minimum Gasteiger partial charge on any atom is -0.393 e. The lowest BCUT2D eigenvalue weighted by molar-refractivity contribution is -0.0547. The number of fused-ring (bicyclic) bond motifs is 1. The van der Waals surface area contributed by atoms with E-state index in [1.165, 1.54) is 0 Å². The number of carbonyl (C=O) groups excluding carboxylic acids is 1. The molecule has 1 aliphatic heterocycles. The van der Waals surface area contributed by atoms with Crippen LogP contribution in [0.2, 0.25) is 0 Å². The van der Waals surface area contributed by atoms with Gasteiger partial charge in [-0.1, -0.05) is 0 Å². The third-order valence-electron chi connectivity index (χ3n) is 4.16. The van der Waals surface area contributed by atoms with E-state index in [9.17, 15) is 15.0 Å². The van der Waals surface area contributed by atoms with Gasteiger partial charge in [-0.05, 0) is 32.8 Å². The van der Waals surface area contributed by atoms with E-state index in [0.717, 1.165) is 11.4 Å². The Morgan fingerprint density at radius 3 is 2.64 bits per heavy atom. The molecular weight excluding hydrogens is 286 g/mol. The summed E-state index contributed by atoms with van der Waals surface area (Å²) in [7, 11) is 0. The van der Waals surface area contributed by atoms with E-state index in [0.29, 0.717) is 31.7 Å². The van der Waals surface area contributed by atoms with Gasteiger partial charge in [0.1, 0.15) is 0 Å². The van der Waals surface area contributed by atoms with Crippen LogP contribution in [-0.2, 0) is 0 Å². The van der Waals surface area contributed by atoms with Crippen molar-refractivity contribution in [3.8, 4) is 0 Å². The molecule has 0 spiro atoms. The smallest absolute Gasteiger partial charge is 0.292 e. The number of piperidine rings is 1. The van der Waals surface area contributed by atoms with E-state index >= 15 is 0 Å². The second-order valence-corrected chi connectivity index (χ2v) is 5.87. The number of likely N-dealkylation sites (tertiary alicyclic amines) is 1. The van der Waals surface area contributed by atoms with E-state index in [1.807, 2.05) is 19.9 Å². The Kier molecular flexibility index (Phi) is 3.57. The summed E-state index contributed by atoms with van der Waals surface area (Å²) in [6.07, 6.45) is 0.699. The van der Waals surface area contributed by atoms with E-state index in [1.54, 1.807) is 9.30 Å².